The molecule has 1 saturated heterocycles. The van der Waals surface area contributed by atoms with Crippen LogP contribution in [0.25, 0.3) is 0 Å². The minimum atomic E-state index is -0.224. The van der Waals surface area contributed by atoms with E-state index in [9.17, 15) is 0 Å². The Balaban J connectivity index is 2.08. The molecule has 1 fully saturated rings. The second kappa shape index (κ2) is 5.95. The zero-order valence-corrected chi connectivity index (χ0v) is 14.6. The summed E-state index contributed by atoms with van der Waals surface area (Å²) >= 11 is 8.81. The van der Waals surface area contributed by atoms with E-state index < -0.39 is 0 Å². The average molecular weight is 357 g/mol. The maximum atomic E-state index is 5.85. The summed E-state index contributed by atoms with van der Waals surface area (Å²) in [5.74, 6) is 1.03. The number of aromatic nitrogens is 1. The lowest BCUT2D eigenvalue weighted by Crippen LogP contribution is -2.59. The first-order valence-electron chi connectivity index (χ1n) is 6.75. The molecule has 0 bridgehead atoms. The van der Waals surface area contributed by atoms with E-state index in [-0.39, 0.29) is 5.54 Å². The SMILES string of the molecule is Cc1ccnc(N2CCN(C(C)(C)C(N)=S)CC2)c1Br. The van der Waals surface area contributed by atoms with Crippen LogP contribution < -0.4 is 10.6 Å². The van der Waals surface area contributed by atoms with Crippen molar-refractivity contribution in [2.24, 2.45) is 5.73 Å². The number of anilines is 1. The summed E-state index contributed by atoms with van der Waals surface area (Å²) < 4.78 is 1.09. The first kappa shape index (κ1) is 15.7. The van der Waals surface area contributed by atoms with Gasteiger partial charge in [0, 0.05) is 32.4 Å². The summed E-state index contributed by atoms with van der Waals surface area (Å²) in [7, 11) is 0. The van der Waals surface area contributed by atoms with Crippen LogP contribution in [0, 0.1) is 6.92 Å². The molecule has 0 aromatic carbocycles. The molecule has 2 N–H and O–H groups in total. The van der Waals surface area contributed by atoms with Gasteiger partial charge in [-0.05, 0) is 48.3 Å². The number of aryl methyl sites for hydroxylation is 1. The molecule has 1 aliphatic heterocycles. The lowest BCUT2D eigenvalue weighted by molar-refractivity contribution is 0.168. The molecule has 20 heavy (non-hydrogen) atoms. The third-order valence-corrected chi connectivity index (χ3v) is 5.52. The topological polar surface area (TPSA) is 45.4 Å². The first-order chi connectivity index (χ1) is 9.34. The fraction of sp³-hybridized carbons (Fsp3) is 0.571. The highest BCUT2D eigenvalue weighted by Crippen LogP contribution is 2.28. The molecule has 0 spiro atoms. The first-order valence-corrected chi connectivity index (χ1v) is 7.95. The molecule has 0 aliphatic carbocycles. The van der Waals surface area contributed by atoms with Gasteiger partial charge in [-0.15, -0.1) is 0 Å². The Hall–Kier alpha value is -0.720. The average Bonchev–Trinajstić information content (AvgIpc) is 2.42. The number of pyridine rings is 1. The Morgan fingerprint density at radius 2 is 1.95 bits per heavy atom. The number of hydrogen-bond donors (Lipinski definition) is 1. The van der Waals surface area contributed by atoms with Gasteiger partial charge in [0.2, 0.25) is 0 Å². The van der Waals surface area contributed by atoms with Crippen LogP contribution in [-0.2, 0) is 0 Å². The number of halogens is 1. The van der Waals surface area contributed by atoms with Gasteiger partial charge in [-0.25, -0.2) is 4.98 Å². The fourth-order valence-corrected chi connectivity index (χ4v) is 2.99. The second-order valence-corrected chi connectivity index (χ2v) is 6.90. The van der Waals surface area contributed by atoms with Crippen LogP contribution in [-0.4, -0.2) is 46.6 Å². The smallest absolute Gasteiger partial charge is 0.143 e. The molecule has 6 heteroatoms. The highest BCUT2D eigenvalue weighted by molar-refractivity contribution is 9.10. The van der Waals surface area contributed by atoms with Gasteiger partial charge < -0.3 is 10.6 Å². The third kappa shape index (κ3) is 2.97. The Kier molecular flexibility index (Phi) is 4.66. The number of nitrogens with zero attached hydrogens (tertiary/aromatic N) is 3. The highest BCUT2D eigenvalue weighted by Gasteiger charge is 2.32. The van der Waals surface area contributed by atoms with Gasteiger partial charge in [-0.2, -0.15) is 0 Å². The van der Waals surface area contributed by atoms with Crippen LogP contribution in [0.1, 0.15) is 19.4 Å². The van der Waals surface area contributed by atoms with Crippen LogP contribution in [0.15, 0.2) is 16.7 Å². The fourth-order valence-electron chi connectivity index (χ4n) is 2.38. The van der Waals surface area contributed by atoms with E-state index in [0.717, 1.165) is 36.5 Å². The molecule has 1 aromatic rings. The van der Waals surface area contributed by atoms with E-state index in [0.29, 0.717) is 4.99 Å². The van der Waals surface area contributed by atoms with Crippen molar-refractivity contribution in [1.29, 1.82) is 0 Å². The predicted octanol–water partition coefficient (Wildman–Crippen LogP) is 2.34. The van der Waals surface area contributed by atoms with Gasteiger partial charge in [0.05, 0.1) is 15.0 Å². The van der Waals surface area contributed by atoms with E-state index in [1.807, 2.05) is 12.3 Å². The van der Waals surface area contributed by atoms with Gasteiger partial charge in [0.1, 0.15) is 5.82 Å². The van der Waals surface area contributed by atoms with Crippen LogP contribution in [0.2, 0.25) is 0 Å². The van der Waals surface area contributed by atoms with E-state index in [2.05, 4.69) is 51.5 Å². The lowest BCUT2D eigenvalue weighted by atomic mass is 10.0. The van der Waals surface area contributed by atoms with E-state index in [4.69, 9.17) is 18.0 Å². The monoisotopic (exact) mass is 356 g/mol. The van der Waals surface area contributed by atoms with Crippen molar-refractivity contribution in [2.45, 2.75) is 26.3 Å². The normalized spacial score (nSPS) is 17.3. The molecule has 0 saturated carbocycles. The summed E-state index contributed by atoms with van der Waals surface area (Å²) in [4.78, 5) is 9.70. The summed E-state index contributed by atoms with van der Waals surface area (Å²) in [5, 5.41) is 0. The minimum Gasteiger partial charge on any atom is -0.392 e. The van der Waals surface area contributed by atoms with E-state index in [1.165, 1.54) is 5.56 Å². The van der Waals surface area contributed by atoms with Crippen molar-refractivity contribution in [1.82, 2.24) is 9.88 Å². The maximum Gasteiger partial charge on any atom is 0.143 e. The van der Waals surface area contributed by atoms with Crippen molar-refractivity contribution in [3.63, 3.8) is 0 Å². The quantitative estimate of drug-likeness (QED) is 0.842. The molecule has 4 nitrogen and oxygen atoms in total. The summed E-state index contributed by atoms with van der Waals surface area (Å²) in [6, 6.07) is 2.01. The van der Waals surface area contributed by atoms with Crippen molar-refractivity contribution < 1.29 is 0 Å². The van der Waals surface area contributed by atoms with E-state index >= 15 is 0 Å². The van der Waals surface area contributed by atoms with Gasteiger partial charge in [0.15, 0.2) is 0 Å². The Morgan fingerprint density at radius 1 is 1.35 bits per heavy atom. The predicted molar refractivity (Wildman–Crippen MR) is 91.3 cm³/mol. The van der Waals surface area contributed by atoms with Crippen LogP contribution >= 0.6 is 28.1 Å². The Bertz CT molecular complexity index is 510. The molecule has 0 unspecified atom stereocenters. The molecule has 2 heterocycles. The molecule has 0 amide bonds. The van der Waals surface area contributed by atoms with Gasteiger partial charge in [0.25, 0.3) is 0 Å². The van der Waals surface area contributed by atoms with Crippen LogP contribution in [0.3, 0.4) is 0 Å². The molecular weight excluding hydrogens is 336 g/mol. The summed E-state index contributed by atoms with van der Waals surface area (Å²) in [5.41, 5.74) is 6.83. The third-order valence-electron chi connectivity index (χ3n) is 4.04. The lowest BCUT2D eigenvalue weighted by Gasteiger charge is -2.44. The number of nitrogens with two attached hydrogens (primary N) is 1. The molecular formula is C14H21BrN4S. The van der Waals surface area contributed by atoms with Gasteiger partial charge in [-0.3, -0.25) is 4.90 Å². The maximum absolute atomic E-state index is 5.85. The van der Waals surface area contributed by atoms with Crippen LogP contribution in [0.4, 0.5) is 5.82 Å². The molecule has 0 radical (unpaired) electrons. The number of hydrogen-bond acceptors (Lipinski definition) is 4. The summed E-state index contributed by atoms with van der Waals surface area (Å²) in [6.07, 6.45) is 1.86. The Labute approximate surface area is 134 Å². The van der Waals surface area contributed by atoms with Crippen molar-refractivity contribution in [3.8, 4) is 0 Å². The van der Waals surface area contributed by atoms with E-state index in [1.54, 1.807) is 0 Å². The van der Waals surface area contributed by atoms with Crippen molar-refractivity contribution >= 4 is 39.0 Å². The molecule has 110 valence electrons. The van der Waals surface area contributed by atoms with Gasteiger partial charge in [-0.1, -0.05) is 12.2 Å². The molecule has 1 aliphatic rings. The number of rotatable bonds is 3. The number of thiocarbonyl (C=S) groups is 1. The molecule has 2 rings (SSSR count). The molecule has 0 atom stereocenters. The second-order valence-electron chi connectivity index (χ2n) is 5.66. The minimum absolute atomic E-state index is 0.224. The van der Waals surface area contributed by atoms with Gasteiger partial charge >= 0.3 is 0 Å². The standard InChI is InChI=1S/C14H21BrN4S/c1-10-4-5-17-12(11(10)15)18-6-8-19(9-7-18)14(2,3)13(16)20/h4-5H,6-9H2,1-3H3,(H2,16,20). The largest absolute Gasteiger partial charge is 0.392 e. The zero-order chi connectivity index (χ0) is 14.9. The van der Waals surface area contributed by atoms with Crippen LogP contribution in [0.5, 0.6) is 0 Å². The van der Waals surface area contributed by atoms with Crippen molar-refractivity contribution in [3.05, 3.63) is 22.3 Å². The Morgan fingerprint density at radius 3 is 2.50 bits per heavy atom. The highest BCUT2D eigenvalue weighted by atomic mass is 79.9. The van der Waals surface area contributed by atoms with Crippen molar-refractivity contribution in [2.75, 3.05) is 31.1 Å². The summed E-state index contributed by atoms with van der Waals surface area (Å²) in [6.45, 7) is 10.0. The number of piperazine rings is 1. The zero-order valence-electron chi connectivity index (χ0n) is 12.2. The molecule has 1 aromatic heterocycles.